The van der Waals surface area contributed by atoms with Crippen molar-refractivity contribution in [2.24, 2.45) is 5.92 Å². The zero-order valence-corrected chi connectivity index (χ0v) is 14.8. The summed E-state index contributed by atoms with van der Waals surface area (Å²) >= 11 is 0. The van der Waals surface area contributed by atoms with Gasteiger partial charge in [-0.15, -0.1) is 0 Å². The molecule has 24 heavy (non-hydrogen) atoms. The molecule has 1 aromatic rings. The molecule has 1 saturated carbocycles. The Morgan fingerprint density at radius 3 is 2.67 bits per heavy atom. The first-order valence-corrected chi connectivity index (χ1v) is 9.57. The Kier molecular flexibility index (Phi) is 6.79. The molecule has 4 nitrogen and oxygen atoms in total. The van der Waals surface area contributed by atoms with Gasteiger partial charge >= 0.3 is 0 Å². The lowest BCUT2D eigenvalue weighted by molar-refractivity contribution is -0.0515. The van der Waals surface area contributed by atoms with E-state index in [1.807, 2.05) is 31.2 Å². The Balaban J connectivity index is 1.70. The summed E-state index contributed by atoms with van der Waals surface area (Å²) in [6.07, 6.45) is 8.04. The van der Waals surface area contributed by atoms with Crippen LogP contribution in [0.3, 0.4) is 0 Å². The van der Waals surface area contributed by atoms with Gasteiger partial charge in [0.25, 0.3) is 0 Å². The molecule has 1 N–H and O–H groups in total. The summed E-state index contributed by atoms with van der Waals surface area (Å²) in [6.45, 7) is 5.22. The molecular formula is C20H31NO3. The Labute approximate surface area is 145 Å². The standard InChI is InChI=1S/C20H31NO3/c1-2-22-17-10-6-7-11-18(17)24-19(20-15-21-12-13-23-20)14-16-8-4-3-5-9-16/h6-7,10-11,16,19-21H,2-5,8-9,12-15H2,1H3/t19?,20-/m0/s1. The van der Waals surface area contributed by atoms with Crippen LogP contribution in [0.4, 0.5) is 0 Å². The number of morpholine rings is 1. The second-order valence-electron chi connectivity index (χ2n) is 6.89. The molecule has 0 bridgehead atoms. The summed E-state index contributed by atoms with van der Waals surface area (Å²) in [7, 11) is 0. The first-order chi connectivity index (χ1) is 11.9. The van der Waals surface area contributed by atoms with Crippen LogP contribution in [0.15, 0.2) is 24.3 Å². The maximum atomic E-state index is 6.45. The fourth-order valence-corrected chi connectivity index (χ4v) is 3.84. The van der Waals surface area contributed by atoms with Gasteiger partial charge < -0.3 is 19.5 Å². The molecule has 0 spiro atoms. The fraction of sp³-hybridized carbons (Fsp3) is 0.700. The zero-order valence-electron chi connectivity index (χ0n) is 14.8. The molecule has 1 aliphatic heterocycles. The summed E-state index contributed by atoms with van der Waals surface area (Å²) in [5.41, 5.74) is 0. The number of nitrogens with one attached hydrogen (secondary N) is 1. The maximum Gasteiger partial charge on any atom is 0.161 e. The Morgan fingerprint density at radius 2 is 1.96 bits per heavy atom. The van der Waals surface area contributed by atoms with Gasteiger partial charge in [-0.3, -0.25) is 0 Å². The van der Waals surface area contributed by atoms with E-state index in [2.05, 4.69) is 5.32 Å². The normalized spacial score (nSPS) is 23.6. The van der Waals surface area contributed by atoms with Crippen molar-refractivity contribution in [1.82, 2.24) is 5.32 Å². The maximum absolute atomic E-state index is 6.45. The quantitative estimate of drug-likeness (QED) is 0.824. The van der Waals surface area contributed by atoms with Gasteiger partial charge in [0.15, 0.2) is 11.5 Å². The smallest absolute Gasteiger partial charge is 0.161 e. The summed E-state index contributed by atoms with van der Waals surface area (Å²) in [5, 5.41) is 3.44. The van der Waals surface area contributed by atoms with Crippen LogP contribution < -0.4 is 14.8 Å². The number of hydrogen-bond donors (Lipinski definition) is 1. The molecule has 0 amide bonds. The van der Waals surface area contributed by atoms with E-state index in [0.29, 0.717) is 6.61 Å². The van der Waals surface area contributed by atoms with Gasteiger partial charge in [-0.1, -0.05) is 44.2 Å². The van der Waals surface area contributed by atoms with Crippen LogP contribution in [0, 0.1) is 5.92 Å². The van der Waals surface area contributed by atoms with E-state index in [1.165, 1.54) is 32.1 Å². The van der Waals surface area contributed by atoms with Crippen LogP contribution in [0.2, 0.25) is 0 Å². The number of ether oxygens (including phenoxy) is 3. The van der Waals surface area contributed by atoms with Gasteiger partial charge in [0.05, 0.1) is 13.2 Å². The zero-order chi connectivity index (χ0) is 16.6. The monoisotopic (exact) mass is 333 g/mol. The van der Waals surface area contributed by atoms with Crippen LogP contribution in [-0.4, -0.2) is 38.5 Å². The molecule has 1 aromatic carbocycles. The molecule has 0 radical (unpaired) electrons. The highest BCUT2D eigenvalue weighted by molar-refractivity contribution is 5.39. The lowest BCUT2D eigenvalue weighted by atomic mass is 9.84. The van der Waals surface area contributed by atoms with Crippen LogP contribution in [-0.2, 0) is 4.74 Å². The van der Waals surface area contributed by atoms with Gasteiger partial charge in [-0.25, -0.2) is 0 Å². The Bertz CT molecular complexity index is 482. The minimum Gasteiger partial charge on any atom is -0.490 e. The second kappa shape index (κ2) is 9.28. The molecule has 134 valence electrons. The average Bonchev–Trinajstić information content (AvgIpc) is 2.64. The third kappa shape index (κ3) is 4.87. The molecular weight excluding hydrogens is 302 g/mol. The first-order valence-electron chi connectivity index (χ1n) is 9.57. The van der Waals surface area contributed by atoms with Crippen molar-refractivity contribution >= 4 is 0 Å². The predicted octanol–water partition coefficient (Wildman–Crippen LogP) is 3.79. The third-order valence-electron chi connectivity index (χ3n) is 5.09. The molecule has 2 aliphatic rings. The lowest BCUT2D eigenvalue weighted by Gasteiger charge is -2.34. The van der Waals surface area contributed by atoms with E-state index in [9.17, 15) is 0 Å². The molecule has 1 heterocycles. The topological polar surface area (TPSA) is 39.7 Å². The highest BCUT2D eigenvalue weighted by atomic mass is 16.6. The van der Waals surface area contributed by atoms with E-state index in [4.69, 9.17) is 14.2 Å². The van der Waals surface area contributed by atoms with Crippen molar-refractivity contribution in [2.75, 3.05) is 26.3 Å². The molecule has 2 fully saturated rings. The van der Waals surface area contributed by atoms with Crippen molar-refractivity contribution in [2.45, 2.75) is 57.7 Å². The molecule has 1 aliphatic carbocycles. The van der Waals surface area contributed by atoms with E-state index >= 15 is 0 Å². The molecule has 2 atom stereocenters. The van der Waals surface area contributed by atoms with Gasteiger partial charge in [0, 0.05) is 13.1 Å². The summed E-state index contributed by atoms with van der Waals surface area (Å²) < 4.78 is 18.2. The van der Waals surface area contributed by atoms with Gasteiger partial charge in [-0.2, -0.15) is 0 Å². The third-order valence-corrected chi connectivity index (χ3v) is 5.09. The molecule has 3 rings (SSSR count). The Morgan fingerprint density at radius 1 is 1.17 bits per heavy atom. The molecule has 0 aromatic heterocycles. The van der Waals surface area contributed by atoms with Crippen LogP contribution >= 0.6 is 0 Å². The number of hydrogen-bond acceptors (Lipinski definition) is 4. The van der Waals surface area contributed by atoms with Crippen LogP contribution in [0.1, 0.15) is 45.4 Å². The molecule has 1 saturated heterocycles. The van der Waals surface area contributed by atoms with Crippen molar-refractivity contribution in [3.05, 3.63) is 24.3 Å². The van der Waals surface area contributed by atoms with Crippen molar-refractivity contribution in [3.8, 4) is 11.5 Å². The van der Waals surface area contributed by atoms with Crippen molar-refractivity contribution in [1.29, 1.82) is 0 Å². The summed E-state index contributed by atoms with van der Waals surface area (Å²) in [4.78, 5) is 0. The highest BCUT2D eigenvalue weighted by Crippen LogP contribution is 2.33. The van der Waals surface area contributed by atoms with Crippen LogP contribution in [0.25, 0.3) is 0 Å². The van der Waals surface area contributed by atoms with E-state index in [0.717, 1.165) is 43.5 Å². The predicted molar refractivity (Wildman–Crippen MR) is 95.8 cm³/mol. The van der Waals surface area contributed by atoms with Crippen molar-refractivity contribution < 1.29 is 14.2 Å². The summed E-state index contributed by atoms with van der Waals surface area (Å²) in [5.74, 6) is 2.43. The van der Waals surface area contributed by atoms with Gasteiger partial charge in [0.1, 0.15) is 12.2 Å². The minimum absolute atomic E-state index is 0.0857. The van der Waals surface area contributed by atoms with E-state index in [-0.39, 0.29) is 12.2 Å². The first kappa shape index (κ1) is 17.6. The fourth-order valence-electron chi connectivity index (χ4n) is 3.84. The molecule has 4 heteroatoms. The van der Waals surface area contributed by atoms with Gasteiger partial charge in [0.2, 0.25) is 0 Å². The lowest BCUT2D eigenvalue weighted by Crippen LogP contribution is -2.48. The number of rotatable bonds is 7. The minimum atomic E-state index is 0.0857. The summed E-state index contributed by atoms with van der Waals surface area (Å²) in [6, 6.07) is 7.99. The second-order valence-corrected chi connectivity index (χ2v) is 6.89. The van der Waals surface area contributed by atoms with Crippen molar-refractivity contribution in [3.63, 3.8) is 0 Å². The average molecular weight is 333 g/mol. The van der Waals surface area contributed by atoms with E-state index < -0.39 is 0 Å². The largest absolute Gasteiger partial charge is 0.490 e. The highest BCUT2D eigenvalue weighted by Gasteiger charge is 2.30. The number of para-hydroxylation sites is 2. The number of benzene rings is 1. The van der Waals surface area contributed by atoms with E-state index in [1.54, 1.807) is 0 Å². The Hall–Kier alpha value is -1.26. The molecule has 1 unspecified atom stereocenters. The SMILES string of the molecule is CCOc1ccccc1OC(CC1CCCCC1)[C@@H]1CNCCO1. The van der Waals surface area contributed by atoms with Crippen LogP contribution in [0.5, 0.6) is 11.5 Å². The van der Waals surface area contributed by atoms with Gasteiger partial charge in [-0.05, 0) is 31.4 Å².